The Kier molecular flexibility index (Phi) is 8.62. The van der Waals surface area contributed by atoms with E-state index < -0.39 is 66.8 Å². The second kappa shape index (κ2) is 9.80. The molecular formula is C16H16BF11O3. The third kappa shape index (κ3) is 5.93. The van der Waals surface area contributed by atoms with Crippen molar-refractivity contribution in [1.82, 2.24) is 0 Å². The van der Waals surface area contributed by atoms with Gasteiger partial charge in [-0.25, -0.2) is 4.39 Å². The van der Waals surface area contributed by atoms with Crippen LogP contribution in [0.15, 0.2) is 12.1 Å². The van der Waals surface area contributed by atoms with Crippen molar-refractivity contribution in [3.05, 3.63) is 23.8 Å². The molecule has 0 heterocycles. The van der Waals surface area contributed by atoms with E-state index in [1.54, 1.807) is 0 Å². The molecule has 0 amide bonds. The van der Waals surface area contributed by atoms with Crippen molar-refractivity contribution in [2.24, 2.45) is 0 Å². The average Bonchev–Trinajstić information content (AvgIpc) is 2.62. The van der Waals surface area contributed by atoms with Crippen LogP contribution in [0.25, 0.3) is 0 Å². The highest BCUT2D eigenvalue weighted by molar-refractivity contribution is 6.58. The summed E-state index contributed by atoms with van der Waals surface area (Å²) in [6.45, 7) is -0.309. The molecule has 0 atom stereocenters. The molecule has 0 saturated carbocycles. The standard InChI is InChI=1S/C16H16BF11O3/c18-11-9(17(29)30)5-6-10(12(11)19)31-8-4-2-1-3-7-13(20,21)14(22,23)15(24,25)16(26,27)28/h5-6,29-30H,1-4,7-8H2. The second-order valence-corrected chi connectivity index (χ2v) is 6.52. The van der Waals surface area contributed by atoms with Crippen LogP contribution in [-0.4, -0.2) is 47.7 Å². The Morgan fingerprint density at radius 1 is 0.742 bits per heavy atom. The Hall–Kier alpha value is -1.77. The van der Waals surface area contributed by atoms with Crippen LogP contribution in [0.1, 0.15) is 32.1 Å². The van der Waals surface area contributed by atoms with Gasteiger partial charge in [-0.2, -0.15) is 43.9 Å². The fourth-order valence-electron chi connectivity index (χ4n) is 2.41. The van der Waals surface area contributed by atoms with E-state index in [1.165, 1.54) is 0 Å². The Morgan fingerprint density at radius 3 is 1.81 bits per heavy atom. The van der Waals surface area contributed by atoms with E-state index in [0.29, 0.717) is 0 Å². The van der Waals surface area contributed by atoms with Gasteiger partial charge in [0.15, 0.2) is 17.4 Å². The van der Waals surface area contributed by atoms with Crippen LogP contribution < -0.4 is 10.2 Å². The van der Waals surface area contributed by atoms with Gasteiger partial charge in [-0.3, -0.25) is 0 Å². The Balaban J connectivity index is 2.49. The van der Waals surface area contributed by atoms with Crippen molar-refractivity contribution in [3.8, 4) is 5.75 Å². The topological polar surface area (TPSA) is 49.7 Å². The van der Waals surface area contributed by atoms with Gasteiger partial charge in [0.2, 0.25) is 0 Å². The SMILES string of the molecule is OB(O)c1ccc(OCCCCCCC(F)(F)C(F)(F)C(F)(F)C(F)(F)F)c(F)c1F. The van der Waals surface area contributed by atoms with Crippen molar-refractivity contribution in [2.75, 3.05) is 6.61 Å². The lowest BCUT2D eigenvalue weighted by Crippen LogP contribution is -2.60. The van der Waals surface area contributed by atoms with Crippen molar-refractivity contribution in [3.63, 3.8) is 0 Å². The first-order chi connectivity index (χ1) is 14.0. The van der Waals surface area contributed by atoms with Crippen LogP contribution in [0.2, 0.25) is 0 Å². The second-order valence-electron chi connectivity index (χ2n) is 6.52. The van der Waals surface area contributed by atoms with Crippen LogP contribution >= 0.6 is 0 Å². The number of benzene rings is 1. The van der Waals surface area contributed by atoms with E-state index in [9.17, 15) is 48.3 Å². The molecule has 31 heavy (non-hydrogen) atoms. The van der Waals surface area contributed by atoms with E-state index >= 15 is 0 Å². The number of ether oxygens (including phenoxy) is 1. The summed E-state index contributed by atoms with van der Waals surface area (Å²) in [6.07, 6.45) is -9.93. The first-order valence-electron chi connectivity index (χ1n) is 8.64. The number of hydrogen-bond acceptors (Lipinski definition) is 3. The monoisotopic (exact) mass is 476 g/mol. The predicted octanol–water partition coefficient (Wildman–Crippen LogP) is 4.44. The normalized spacial score (nSPS) is 13.5. The van der Waals surface area contributed by atoms with Crippen LogP contribution in [-0.2, 0) is 0 Å². The van der Waals surface area contributed by atoms with E-state index in [0.717, 1.165) is 12.1 Å². The van der Waals surface area contributed by atoms with Crippen LogP contribution in [0.3, 0.4) is 0 Å². The number of halogens is 11. The maximum Gasteiger partial charge on any atom is 0.491 e. The summed E-state index contributed by atoms with van der Waals surface area (Å²) < 4.78 is 146. The quantitative estimate of drug-likeness (QED) is 0.282. The Bertz CT molecular complexity index is 738. The summed E-state index contributed by atoms with van der Waals surface area (Å²) in [6, 6.07) is 1.72. The molecule has 0 bridgehead atoms. The zero-order valence-electron chi connectivity index (χ0n) is 15.4. The van der Waals surface area contributed by atoms with Gasteiger partial charge in [-0.15, -0.1) is 0 Å². The maximum absolute atomic E-state index is 13.7. The third-order valence-electron chi connectivity index (χ3n) is 4.21. The Morgan fingerprint density at radius 2 is 1.29 bits per heavy atom. The molecule has 0 aliphatic carbocycles. The van der Waals surface area contributed by atoms with Gasteiger partial charge in [0.1, 0.15) is 0 Å². The van der Waals surface area contributed by atoms with E-state index in [-0.39, 0.29) is 25.9 Å². The van der Waals surface area contributed by atoms with E-state index in [4.69, 9.17) is 14.8 Å². The van der Waals surface area contributed by atoms with Crippen molar-refractivity contribution in [2.45, 2.75) is 56.0 Å². The average molecular weight is 476 g/mol. The lowest BCUT2D eigenvalue weighted by atomic mass is 9.80. The number of alkyl halides is 9. The minimum atomic E-state index is -6.92. The van der Waals surface area contributed by atoms with E-state index in [1.807, 2.05) is 0 Å². The molecule has 1 aromatic rings. The zero-order chi connectivity index (χ0) is 24.3. The molecule has 15 heteroatoms. The summed E-state index contributed by atoms with van der Waals surface area (Å²) in [5, 5.41) is 17.6. The molecule has 0 aliphatic rings. The highest BCUT2D eigenvalue weighted by atomic mass is 19.4. The minimum absolute atomic E-state index is 0.00783. The van der Waals surface area contributed by atoms with Crippen molar-refractivity contribution < 1.29 is 63.1 Å². The van der Waals surface area contributed by atoms with Crippen molar-refractivity contribution >= 4 is 12.6 Å². The van der Waals surface area contributed by atoms with Crippen molar-refractivity contribution in [1.29, 1.82) is 0 Å². The first kappa shape index (κ1) is 27.3. The molecule has 0 aromatic heterocycles. The third-order valence-corrected chi connectivity index (χ3v) is 4.21. The van der Waals surface area contributed by atoms with Gasteiger partial charge < -0.3 is 14.8 Å². The maximum atomic E-state index is 13.7. The summed E-state index contributed by atoms with van der Waals surface area (Å²) in [7, 11) is -2.27. The van der Waals surface area contributed by atoms with Gasteiger partial charge >= 0.3 is 31.1 Å². The number of hydrogen-bond donors (Lipinski definition) is 2. The predicted molar refractivity (Wildman–Crippen MR) is 85.7 cm³/mol. The molecule has 1 rings (SSSR count). The van der Waals surface area contributed by atoms with Gasteiger partial charge in [0, 0.05) is 11.9 Å². The molecule has 178 valence electrons. The summed E-state index contributed by atoms with van der Waals surface area (Å²) in [5.41, 5.74) is -0.751. The molecule has 2 N–H and O–H groups in total. The summed E-state index contributed by atoms with van der Waals surface area (Å²) in [4.78, 5) is 0. The highest BCUT2D eigenvalue weighted by Gasteiger charge is 2.81. The molecule has 3 nitrogen and oxygen atoms in total. The molecule has 0 saturated heterocycles. The summed E-state index contributed by atoms with van der Waals surface area (Å²) >= 11 is 0. The lowest BCUT2D eigenvalue weighted by Gasteiger charge is -2.33. The number of rotatable bonds is 11. The fourth-order valence-corrected chi connectivity index (χ4v) is 2.41. The minimum Gasteiger partial charge on any atom is -0.490 e. The van der Waals surface area contributed by atoms with E-state index in [2.05, 4.69) is 0 Å². The van der Waals surface area contributed by atoms with Gasteiger partial charge in [-0.05, 0) is 18.9 Å². The molecule has 0 radical (unpaired) electrons. The Labute approximate surface area is 168 Å². The zero-order valence-corrected chi connectivity index (χ0v) is 15.4. The molecular weight excluding hydrogens is 460 g/mol. The highest BCUT2D eigenvalue weighted by Crippen LogP contribution is 2.54. The molecule has 0 spiro atoms. The van der Waals surface area contributed by atoms with Gasteiger partial charge in [0.05, 0.1) is 6.61 Å². The van der Waals surface area contributed by atoms with Gasteiger partial charge in [-0.1, -0.05) is 18.9 Å². The van der Waals surface area contributed by atoms with Gasteiger partial charge in [0.25, 0.3) is 0 Å². The van der Waals surface area contributed by atoms with Crippen LogP contribution in [0, 0.1) is 11.6 Å². The smallest absolute Gasteiger partial charge is 0.490 e. The van der Waals surface area contributed by atoms with Crippen LogP contribution in [0.5, 0.6) is 5.75 Å². The molecule has 0 aliphatic heterocycles. The summed E-state index contributed by atoms with van der Waals surface area (Å²) in [5.74, 6) is -22.9. The molecule has 0 unspecified atom stereocenters. The first-order valence-corrected chi connectivity index (χ1v) is 8.64. The molecule has 0 fully saturated rings. The van der Waals surface area contributed by atoms with Crippen LogP contribution in [0.4, 0.5) is 48.3 Å². The number of unbranched alkanes of at least 4 members (excludes halogenated alkanes) is 3. The molecule has 1 aromatic carbocycles. The fraction of sp³-hybridized carbons (Fsp3) is 0.625. The lowest BCUT2D eigenvalue weighted by molar-refractivity contribution is -0.396. The largest absolute Gasteiger partial charge is 0.491 e.